The molecule has 2 aromatic heterocycles. The van der Waals surface area contributed by atoms with Crippen molar-refractivity contribution in [2.24, 2.45) is 0 Å². The summed E-state index contributed by atoms with van der Waals surface area (Å²) in [7, 11) is 0. The molecule has 1 saturated carbocycles. The van der Waals surface area contributed by atoms with Crippen LogP contribution in [0.3, 0.4) is 0 Å². The van der Waals surface area contributed by atoms with E-state index in [0.29, 0.717) is 23.2 Å². The summed E-state index contributed by atoms with van der Waals surface area (Å²) in [6.45, 7) is 2.36. The van der Waals surface area contributed by atoms with Crippen LogP contribution in [0.4, 0.5) is 4.39 Å². The van der Waals surface area contributed by atoms with Gasteiger partial charge in [-0.05, 0) is 67.3 Å². The van der Waals surface area contributed by atoms with Crippen molar-refractivity contribution in [2.75, 3.05) is 0 Å². The van der Waals surface area contributed by atoms with Gasteiger partial charge in [0.05, 0.1) is 34.4 Å². The Morgan fingerprint density at radius 3 is 2.70 bits per heavy atom. The maximum absolute atomic E-state index is 14.6. The number of carbonyl (C=O) groups excluding carboxylic acids is 1. The summed E-state index contributed by atoms with van der Waals surface area (Å²) in [5.74, 6) is -0.445. The van der Waals surface area contributed by atoms with Gasteiger partial charge in [-0.25, -0.2) is 9.37 Å². The topological polar surface area (TPSA) is 61.2 Å². The quantitative estimate of drug-likeness (QED) is 0.423. The Morgan fingerprint density at radius 2 is 1.90 bits per heavy atom. The number of carbonyl (C=O) groups is 1. The third-order valence-corrected chi connectivity index (χ3v) is 7.63. The standard InChI is InChI=1S/C24H19FN2O3/c1-11-12-3-2-4-13-14-9-27-19(21(14)26-18(20(12)13)8-17(11)25)7-16-15(22(27)28)10-30-23(29)24(16)5-6-24/h7-8H,2-6,9-10H2,1H3. The molecule has 2 aliphatic heterocycles. The van der Waals surface area contributed by atoms with Crippen molar-refractivity contribution in [1.82, 2.24) is 9.55 Å². The first-order valence-corrected chi connectivity index (χ1v) is 10.6. The zero-order chi connectivity index (χ0) is 20.4. The summed E-state index contributed by atoms with van der Waals surface area (Å²) in [6.07, 6.45) is 4.18. The zero-order valence-corrected chi connectivity index (χ0v) is 16.6. The van der Waals surface area contributed by atoms with Gasteiger partial charge in [0.1, 0.15) is 12.4 Å². The number of halogens is 1. The number of hydrogen-bond acceptors (Lipinski definition) is 4. The number of ether oxygens (including phenoxy) is 1. The number of esters is 1. The molecule has 0 radical (unpaired) electrons. The minimum absolute atomic E-state index is 0.0438. The first-order chi connectivity index (χ1) is 14.5. The molecule has 0 atom stereocenters. The zero-order valence-electron chi connectivity index (χ0n) is 16.6. The lowest BCUT2D eigenvalue weighted by Gasteiger charge is -2.24. The maximum Gasteiger partial charge on any atom is 0.316 e. The van der Waals surface area contributed by atoms with Crippen molar-refractivity contribution < 1.29 is 13.9 Å². The minimum atomic E-state index is -0.646. The van der Waals surface area contributed by atoms with E-state index >= 15 is 0 Å². The number of nitrogens with zero attached hydrogens (tertiary/aromatic N) is 2. The van der Waals surface area contributed by atoms with Gasteiger partial charge >= 0.3 is 5.97 Å². The van der Waals surface area contributed by atoms with Crippen molar-refractivity contribution in [3.8, 4) is 11.4 Å². The van der Waals surface area contributed by atoms with E-state index in [9.17, 15) is 14.0 Å². The Kier molecular flexibility index (Phi) is 2.89. The Morgan fingerprint density at radius 1 is 1.10 bits per heavy atom. The van der Waals surface area contributed by atoms with Crippen LogP contribution < -0.4 is 5.56 Å². The predicted octanol–water partition coefficient (Wildman–Crippen LogP) is 3.45. The molecule has 4 aliphatic rings. The van der Waals surface area contributed by atoms with Crippen LogP contribution in [-0.4, -0.2) is 15.5 Å². The Labute approximate surface area is 171 Å². The van der Waals surface area contributed by atoms with Crippen molar-refractivity contribution in [2.45, 2.75) is 57.6 Å². The molecule has 4 heterocycles. The van der Waals surface area contributed by atoms with Crippen molar-refractivity contribution in [3.63, 3.8) is 0 Å². The summed E-state index contributed by atoms with van der Waals surface area (Å²) in [5, 5.41) is 1.07. The first kappa shape index (κ1) is 16.7. The number of fused-ring (bicyclic) bond motifs is 6. The minimum Gasteiger partial charge on any atom is -0.460 e. The van der Waals surface area contributed by atoms with Crippen LogP contribution in [0.15, 0.2) is 16.9 Å². The molecule has 2 aliphatic carbocycles. The van der Waals surface area contributed by atoms with E-state index in [1.54, 1.807) is 4.57 Å². The summed E-state index contributed by atoms with van der Waals surface area (Å²) in [5.41, 5.74) is 6.91. The van der Waals surface area contributed by atoms with E-state index in [1.807, 2.05) is 13.0 Å². The van der Waals surface area contributed by atoms with Gasteiger partial charge in [-0.2, -0.15) is 0 Å². The lowest BCUT2D eigenvalue weighted by Crippen LogP contribution is -2.36. The number of aryl methyl sites for hydroxylation is 2. The third kappa shape index (κ3) is 1.81. The van der Waals surface area contributed by atoms with Crippen molar-refractivity contribution >= 4 is 16.9 Å². The van der Waals surface area contributed by atoms with Crippen LogP contribution in [0, 0.1) is 12.7 Å². The summed E-state index contributed by atoms with van der Waals surface area (Å²) < 4.78 is 21.7. The number of cyclic esters (lactones) is 1. The van der Waals surface area contributed by atoms with E-state index in [4.69, 9.17) is 9.72 Å². The van der Waals surface area contributed by atoms with Gasteiger partial charge < -0.3 is 9.30 Å². The highest BCUT2D eigenvalue weighted by molar-refractivity contribution is 5.93. The molecule has 6 heteroatoms. The second-order valence-corrected chi connectivity index (χ2v) is 9.10. The van der Waals surface area contributed by atoms with Gasteiger partial charge in [-0.15, -0.1) is 0 Å². The predicted molar refractivity (Wildman–Crippen MR) is 108 cm³/mol. The van der Waals surface area contributed by atoms with Crippen LogP contribution >= 0.6 is 0 Å². The smallest absolute Gasteiger partial charge is 0.316 e. The lowest BCUT2D eigenvalue weighted by atomic mass is 9.84. The van der Waals surface area contributed by atoms with Gasteiger partial charge in [-0.1, -0.05) is 0 Å². The number of hydrogen-bond donors (Lipinski definition) is 0. The SMILES string of the molecule is Cc1c(F)cc2nc3c(c4c2c1CCC4)Cn1c-3cc2c(c1=O)COC(=O)C21CC1. The first-order valence-electron chi connectivity index (χ1n) is 10.6. The largest absolute Gasteiger partial charge is 0.460 e. The third-order valence-electron chi connectivity index (χ3n) is 7.63. The normalized spacial score (nSPS) is 19.5. The van der Waals surface area contributed by atoms with Gasteiger partial charge in [0, 0.05) is 17.0 Å². The fourth-order valence-electron chi connectivity index (χ4n) is 5.86. The summed E-state index contributed by atoms with van der Waals surface area (Å²) >= 11 is 0. The molecule has 0 unspecified atom stereocenters. The molecule has 3 aromatic rings. The number of rotatable bonds is 0. The highest BCUT2D eigenvalue weighted by atomic mass is 19.1. The summed E-state index contributed by atoms with van der Waals surface area (Å²) in [4.78, 5) is 30.6. The van der Waals surface area contributed by atoms with E-state index in [1.165, 1.54) is 11.6 Å². The maximum atomic E-state index is 14.6. The van der Waals surface area contributed by atoms with Gasteiger partial charge in [-0.3, -0.25) is 9.59 Å². The second kappa shape index (κ2) is 5.17. The Hall–Kier alpha value is -3.02. The molecule has 1 spiro atoms. The average molecular weight is 402 g/mol. The lowest BCUT2D eigenvalue weighted by molar-refractivity contribution is -0.149. The molecule has 0 saturated heterocycles. The molecular formula is C24H19FN2O3. The van der Waals surface area contributed by atoms with E-state index in [2.05, 4.69) is 0 Å². The van der Waals surface area contributed by atoms with E-state index in [0.717, 1.165) is 65.6 Å². The molecule has 1 fully saturated rings. The van der Waals surface area contributed by atoms with Gasteiger partial charge in [0.2, 0.25) is 0 Å². The van der Waals surface area contributed by atoms with Crippen LogP contribution in [0.25, 0.3) is 22.3 Å². The molecule has 1 aromatic carbocycles. The molecule has 5 nitrogen and oxygen atoms in total. The fraction of sp³-hybridized carbons (Fsp3) is 0.375. The molecule has 0 N–H and O–H groups in total. The number of aromatic nitrogens is 2. The Bertz CT molecular complexity index is 1410. The average Bonchev–Trinajstić information content (AvgIpc) is 3.45. The van der Waals surface area contributed by atoms with Crippen LogP contribution in [0.1, 0.15) is 52.6 Å². The van der Waals surface area contributed by atoms with Crippen LogP contribution in [-0.2, 0) is 40.9 Å². The molecule has 7 rings (SSSR count). The molecular weight excluding hydrogens is 383 g/mol. The van der Waals surface area contributed by atoms with Crippen molar-refractivity contribution in [3.05, 3.63) is 61.7 Å². The Balaban J connectivity index is 1.56. The fourth-order valence-corrected chi connectivity index (χ4v) is 5.86. The summed E-state index contributed by atoms with van der Waals surface area (Å²) in [6, 6.07) is 3.51. The second-order valence-electron chi connectivity index (χ2n) is 9.10. The molecule has 150 valence electrons. The molecule has 30 heavy (non-hydrogen) atoms. The monoisotopic (exact) mass is 402 g/mol. The van der Waals surface area contributed by atoms with E-state index < -0.39 is 5.41 Å². The van der Waals surface area contributed by atoms with E-state index in [-0.39, 0.29) is 24.0 Å². The van der Waals surface area contributed by atoms with Gasteiger partial charge in [0.15, 0.2) is 0 Å². The van der Waals surface area contributed by atoms with Crippen molar-refractivity contribution in [1.29, 1.82) is 0 Å². The van der Waals surface area contributed by atoms with Gasteiger partial charge in [0.25, 0.3) is 5.56 Å². The number of benzene rings is 1. The highest BCUT2D eigenvalue weighted by Crippen LogP contribution is 2.53. The van der Waals surface area contributed by atoms with Crippen LogP contribution in [0.2, 0.25) is 0 Å². The van der Waals surface area contributed by atoms with Crippen LogP contribution in [0.5, 0.6) is 0 Å². The molecule has 0 bridgehead atoms. The highest BCUT2D eigenvalue weighted by Gasteiger charge is 2.57. The number of pyridine rings is 2. The molecule has 0 amide bonds.